The van der Waals surface area contributed by atoms with E-state index in [4.69, 9.17) is 9.47 Å². The van der Waals surface area contributed by atoms with Crippen molar-refractivity contribution in [1.82, 2.24) is 0 Å². The summed E-state index contributed by atoms with van der Waals surface area (Å²) in [6, 6.07) is 7.73. The molecule has 3 nitrogen and oxygen atoms in total. The van der Waals surface area contributed by atoms with Crippen molar-refractivity contribution in [1.29, 1.82) is 0 Å². The zero-order valence-corrected chi connectivity index (χ0v) is 10.4. The van der Waals surface area contributed by atoms with Gasteiger partial charge < -0.3 is 9.47 Å². The van der Waals surface area contributed by atoms with E-state index in [2.05, 4.69) is 13.2 Å². The second-order valence-electron chi connectivity index (χ2n) is 3.70. The van der Waals surface area contributed by atoms with Gasteiger partial charge in [0.2, 0.25) is 0 Å². The highest BCUT2D eigenvalue weighted by molar-refractivity contribution is 5.81. The van der Waals surface area contributed by atoms with Gasteiger partial charge in [0, 0.05) is 6.08 Å². The molecule has 96 valence electrons. The fraction of sp³-hybridized carbons (Fsp3) is 0.267. The van der Waals surface area contributed by atoms with E-state index < -0.39 is 0 Å². The van der Waals surface area contributed by atoms with Gasteiger partial charge >= 0.3 is 5.97 Å². The summed E-state index contributed by atoms with van der Waals surface area (Å²) < 4.78 is 10.4. The number of carbonyl (C=O) groups is 1. The average Bonchev–Trinajstić information content (AvgIpc) is 2.43. The third-order valence-electron chi connectivity index (χ3n) is 2.33. The van der Waals surface area contributed by atoms with Crippen molar-refractivity contribution >= 4 is 12.0 Å². The number of unbranched alkanes of at least 4 members (excludes halogenated alkanes) is 1. The van der Waals surface area contributed by atoms with E-state index in [0.717, 1.165) is 30.2 Å². The van der Waals surface area contributed by atoms with Gasteiger partial charge in [0.1, 0.15) is 5.75 Å². The summed E-state index contributed by atoms with van der Waals surface area (Å²) in [5.41, 5.74) is 1.07. The molecule has 1 aromatic carbocycles. The molecule has 0 bridgehead atoms. The number of benzene rings is 1. The number of carbonyl (C=O) groups excluding carboxylic acids is 1. The molecule has 0 aliphatic carbocycles. The Hall–Kier alpha value is -2.03. The van der Waals surface area contributed by atoms with Crippen molar-refractivity contribution in [3.05, 3.63) is 49.1 Å². The molecule has 0 atom stereocenters. The molecule has 3 heteroatoms. The van der Waals surface area contributed by atoms with E-state index in [0.29, 0.717) is 13.2 Å². The van der Waals surface area contributed by atoms with Crippen molar-refractivity contribution < 1.29 is 14.3 Å². The minimum Gasteiger partial charge on any atom is -0.494 e. The van der Waals surface area contributed by atoms with Crippen LogP contribution in [0.25, 0.3) is 6.08 Å². The maximum Gasteiger partial charge on any atom is 0.330 e. The lowest BCUT2D eigenvalue weighted by Gasteiger charge is -2.06. The van der Waals surface area contributed by atoms with Crippen molar-refractivity contribution in [2.45, 2.75) is 12.8 Å². The Balaban J connectivity index is 2.11. The van der Waals surface area contributed by atoms with Gasteiger partial charge in [-0.05, 0) is 30.5 Å². The minimum atomic E-state index is -0.379. The van der Waals surface area contributed by atoms with Crippen LogP contribution in [0.15, 0.2) is 43.5 Å². The lowest BCUT2D eigenvalue weighted by Crippen LogP contribution is -2.04. The first-order chi connectivity index (χ1) is 8.76. The Morgan fingerprint density at radius 2 is 1.78 bits per heavy atom. The van der Waals surface area contributed by atoms with Crippen LogP contribution in [-0.2, 0) is 9.53 Å². The van der Waals surface area contributed by atoms with Gasteiger partial charge in [-0.3, -0.25) is 0 Å². The van der Waals surface area contributed by atoms with Gasteiger partial charge in [-0.25, -0.2) is 4.79 Å². The lowest BCUT2D eigenvalue weighted by atomic mass is 10.2. The first-order valence-electron chi connectivity index (χ1n) is 5.90. The highest BCUT2D eigenvalue weighted by Crippen LogP contribution is 2.13. The molecule has 0 fully saturated rings. The maximum atomic E-state index is 10.7. The van der Waals surface area contributed by atoms with Crippen LogP contribution in [0.3, 0.4) is 0 Å². The largest absolute Gasteiger partial charge is 0.494 e. The highest BCUT2D eigenvalue weighted by Gasteiger charge is 1.96. The van der Waals surface area contributed by atoms with Gasteiger partial charge in [0.25, 0.3) is 0 Å². The van der Waals surface area contributed by atoms with Crippen molar-refractivity contribution in [2.75, 3.05) is 13.2 Å². The van der Waals surface area contributed by atoms with Crippen molar-refractivity contribution in [3.8, 4) is 5.75 Å². The standard InChI is InChI=1S/C15H18O3/c1-3-13-7-9-14(10-8-13)17-11-5-6-12-18-15(16)4-2/h3-4,7-10H,1-2,5-6,11-12H2. The predicted molar refractivity (Wildman–Crippen MR) is 72.4 cm³/mol. The van der Waals surface area contributed by atoms with E-state index in [1.165, 1.54) is 0 Å². The third-order valence-corrected chi connectivity index (χ3v) is 2.33. The summed E-state index contributed by atoms with van der Waals surface area (Å²) in [6.07, 6.45) is 4.58. The summed E-state index contributed by atoms with van der Waals surface area (Å²) in [6.45, 7) is 8.03. The summed E-state index contributed by atoms with van der Waals surface area (Å²) in [4.78, 5) is 10.7. The smallest absolute Gasteiger partial charge is 0.330 e. The normalized spacial score (nSPS) is 9.56. The van der Waals surface area contributed by atoms with Crippen LogP contribution in [0.1, 0.15) is 18.4 Å². The number of rotatable bonds is 8. The first kappa shape index (κ1) is 14.0. The highest BCUT2D eigenvalue weighted by atomic mass is 16.5. The zero-order valence-electron chi connectivity index (χ0n) is 10.4. The molecule has 0 aliphatic rings. The average molecular weight is 246 g/mol. The molecule has 1 aromatic rings. The molecule has 0 radical (unpaired) electrons. The SMILES string of the molecule is C=CC(=O)OCCCCOc1ccc(C=C)cc1. The van der Waals surface area contributed by atoms with Gasteiger partial charge in [-0.1, -0.05) is 31.4 Å². The van der Waals surface area contributed by atoms with Gasteiger partial charge in [0.15, 0.2) is 0 Å². The quantitative estimate of drug-likeness (QED) is 0.401. The van der Waals surface area contributed by atoms with Crippen LogP contribution >= 0.6 is 0 Å². The van der Waals surface area contributed by atoms with Crippen molar-refractivity contribution in [2.24, 2.45) is 0 Å². The molecular formula is C15H18O3. The number of hydrogen-bond acceptors (Lipinski definition) is 3. The molecule has 0 heterocycles. The van der Waals surface area contributed by atoms with E-state index in [1.54, 1.807) is 6.08 Å². The topological polar surface area (TPSA) is 35.5 Å². The number of ether oxygens (including phenoxy) is 2. The fourth-order valence-electron chi connectivity index (χ4n) is 1.33. The lowest BCUT2D eigenvalue weighted by molar-refractivity contribution is -0.137. The summed E-state index contributed by atoms with van der Waals surface area (Å²) >= 11 is 0. The van der Waals surface area contributed by atoms with Gasteiger partial charge in [-0.2, -0.15) is 0 Å². The van der Waals surface area contributed by atoms with Crippen LogP contribution in [0.2, 0.25) is 0 Å². The molecule has 0 saturated heterocycles. The molecule has 0 unspecified atom stereocenters. The molecule has 0 amide bonds. The Bertz CT molecular complexity index is 393. The Morgan fingerprint density at radius 1 is 1.11 bits per heavy atom. The van der Waals surface area contributed by atoms with E-state index in [9.17, 15) is 4.79 Å². The summed E-state index contributed by atoms with van der Waals surface area (Å²) in [5.74, 6) is 0.458. The molecule has 0 aromatic heterocycles. The fourth-order valence-corrected chi connectivity index (χ4v) is 1.33. The van der Waals surface area contributed by atoms with Gasteiger partial charge in [0.05, 0.1) is 13.2 Å². The van der Waals surface area contributed by atoms with Crippen molar-refractivity contribution in [3.63, 3.8) is 0 Å². The number of esters is 1. The first-order valence-corrected chi connectivity index (χ1v) is 5.90. The molecule has 0 spiro atoms. The van der Waals surface area contributed by atoms with Crippen LogP contribution in [0, 0.1) is 0 Å². The summed E-state index contributed by atoms with van der Waals surface area (Å²) in [5, 5.41) is 0. The van der Waals surface area contributed by atoms with Crippen LogP contribution in [0.5, 0.6) is 5.75 Å². The monoisotopic (exact) mass is 246 g/mol. The minimum absolute atomic E-state index is 0.379. The Labute approximate surface area is 108 Å². The molecule has 0 N–H and O–H groups in total. The molecule has 0 aliphatic heterocycles. The van der Waals surface area contributed by atoms with Crippen LogP contribution in [0.4, 0.5) is 0 Å². The third kappa shape index (κ3) is 5.34. The van der Waals surface area contributed by atoms with E-state index >= 15 is 0 Å². The zero-order chi connectivity index (χ0) is 13.2. The predicted octanol–water partition coefficient (Wildman–Crippen LogP) is 3.22. The Morgan fingerprint density at radius 3 is 2.39 bits per heavy atom. The maximum absolute atomic E-state index is 10.7. The van der Waals surface area contributed by atoms with Crippen LogP contribution < -0.4 is 4.74 Å². The van der Waals surface area contributed by atoms with Crippen LogP contribution in [-0.4, -0.2) is 19.2 Å². The second kappa shape index (κ2) is 8.12. The number of hydrogen-bond donors (Lipinski definition) is 0. The van der Waals surface area contributed by atoms with Gasteiger partial charge in [-0.15, -0.1) is 0 Å². The second-order valence-corrected chi connectivity index (χ2v) is 3.70. The molecular weight excluding hydrogens is 228 g/mol. The Kier molecular flexibility index (Phi) is 6.33. The molecule has 1 rings (SSSR count). The molecule has 0 saturated carbocycles. The molecule has 18 heavy (non-hydrogen) atoms. The summed E-state index contributed by atoms with van der Waals surface area (Å²) in [7, 11) is 0. The van der Waals surface area contributed by atoms with E-state index in [-0.39, 0.29) is 5.97 Å². The van der Waals surface area contributed by atoms with E-state index in [1.807, 2.05) is 24.3 Å².